The standard InChI is InChI=1S/C15H23N3O3/c1-15(2,3)21-11-6-4-10(5-7-11)8-12(14(17)20)18-13(19)9-16/h4-7,12H,8-9,16H2,1-3H3,(H2,17,20)(H,18,19)/t12-/m0/s1. The van der Waals surface area contributed by atoms with E-state index in [-0.39, 0.29) is 12.1 Å². The lowest BCUT2D eigenvalue weighted by atomic mass is 10.0. The number of ether oxygens (including phenoxy) is 1. The third-order valence-electron chi connectivity index (χ3n) is 2.65. The van der Waals surface area contributed by atoms with E-state index in [1.807, 2.05) is 45.0 Å². The highest BCUT2D eigenvalue weighted by Crippen LogP contribution is 2.19. The number of hydrogen-bond acceptors (Lipinski definition) is 4. The van der Waals surface area contributed by atoms with E-state index >= 15 is 0 Å². The van der Waals surface area contributed by atoms with Crippen LogP contribution >= 0.6 is 0 Å². The summed E-state index contributed by atoms with van der Waals surface area (Å²) >= 11 is 0. The zero-order chi connectivity index (χ0) is 16.0. The van der Waals surface area contributed by atoms with Crippen molar-refractivity contribution in [2.45, 2.75) is 38.8 Å². The van der Waals surface area contributed by atoms with Crippen molar-refractivity contribution in [2.75, 3.05) is 6.54 Å². The highest BCUT2D eigenvalue weighted by Gasteiger charge is 2.18. The van der Waals surface area contributed by atoms with Crippen LogP contribution in [-0.4, -0.2) is 30.0 Å². The molecule has 0 radical (unpaired) electrons. The number of nitrogens with two attached hydrogens (primary N) is 2. The van der Waals surface area contributed by atoms with Gasteiger partial charge in [-0.1, -0.05) is 12.1 Å². The maximum absolute atomic E-state index is 11.4. The molecule has 0 aromatic heterocycles. The summed E-state index contributed by atoms with van der Waals surface area (Å²) in [6, 6.07) is 6.56. The number of carbonyl (C=O) groups excluding carboxylic acids is 2. The summed E-state index contributed by atoms with van der Waals surface area (Å²) < 4.78 is 5.71. The van der Waals surface area contributed by atoms with Crippen LogP contribution in [-0.2, 0) is 16.0 Å². The molecule has 0 aliphatic carbocycles. The summed E-state index contributed by atoms with van der Waals surface area (Å²) in [7, 11) is 0. The number of primary amides is 1. The first kappa shape index (κ1) is 17.0. The number of rotatable bonds is 6. The van der Waals surface area contributed by atoms with Gasteiger partial charge in [-0.25, -0.2) is 0 Å². The predicted octanol–water partition coefficient (Wildman–Crippen LogP) is 0.335. The van der Waals surface area contributed by atoms with E-state index in [1.54, 1.807) is 0 Å². The minimum atomic E-state index is -0.768. The molecule has 0 spiro atoms. The van der Waals surface area contributed by atoms with E-state index < -0.39 is 17.9 Å². The Balaban J connectivity index is 2.72. The van der Waals surface area contributed by atoms with Crippen LogP contribution in [0.2, 0.25) is 0 Å². The Kier molecular flexibility index (Phi) is 5.72. The zero-order valence-electron chi connectivity index (χ0n) is 12.7. The first-order valence-corrected chi connectivity index (χ1v) is 6.78. The number of nitrogens with one attached hydrogen (secondary N) is 1. The van der Waals surface area contributed by atoms with Crippen LogP contribution in [0.25, 0.3) is 0 Å². The summed E-state index contributed by atoms with van der Waals surface area (Å²) in [5.41, 5.74) is 11.1. The van der Waals surface area contributed by atoms with Crippen molar-refractivity contribution in [1.82, 2.24) is 5.32 Å². The molecule has 5 N–H and O–H groups in total. The Labute approximate surface area is 124 Å². The van der Waals surface area contributed by atoms with Crippen molar-refractivity contribution in [3.63, 3.8) is 0 Å². The molecule has 0 saturated carbocycles. The van der Waals surface area contributed by atoms with Crippen LogP contribution in [0.1, 0.15) is 26.3 Å². The van der Waals surface area contributed by atoms with Crippen LogP contribution in [0.5, 0.6) is 5.75 Å². The van der Waals surface area contributed by atoms with Gasteiger partial charge in [0, 0.05) is 6.42 Å². The number of amides is 2. The molecule has 1 aromatic rings. The predicted molar refractivity (Wildman–Crippen MR) is 80.7 cm³/mol. The third-order valence-corrected chi connectivity index (χ3v) is 2.65. The number of hydrogen-bond donors (Lipinski definition) is 3. The molecule has 1 aromatic carbocycles. The van der Waals surface area contributed by atoms with Crippen LogP contribution in [0.15, 0.2) is 24.3 Å². The summed E-state index contributed by atoms with van der Waals surface area (Å²) in [5, 5.41) is 2.50. The van der Waals surface area contributed by atoms with Gasteiger partial charge in [0.15, 0.2) is 0 Å². The molecule has 0 aliphatic heterocycles. The Morgan fingerprint density at radius 3 is 2.24 bits per heavy atom. The minimum Gasteiger partial charge on any atom is -0.488 e. The van der Waals surface area contributed by atoms with Gasteiger partial charge in [-0.2, -0.15) is 0 Å². The van der Waals surface area contributed by atoms with E-state index in [2.05, 4.69) is 5.32 Å². The second-order valence-corrected chi connectivity index (χ2v) is 5.79. The van der Waals surface area contributed by atoms with E-state index in [1.165, 1.54) is 0 Å². The Hall–Kier alpha value is -2.08. The first-order chi connectivity index (χ1) is 9.71. The molecular formula is C15H23N3O3. The highest BCUT2D eigenvalue weighted by atomic mass is 16.5. The fourth-order valence-electron chi connectivity index (χ4n) is 1.76. The van der Waals surface area contributed by atoms with Gasteiger partial charge in [0.25, 0.3) is 0 Å². The SMILES string of the molecule is CC(C)(C)Oc1ccc(C[C@H](NC(=O)CN)C(N)=O)cc1. The summed E-state index contributed by atoms with van der Waals surface area (Å²) in [6.45, 7) is 5.72. The molecule has 1 atom stereocenters. The number of carbonyl (C=O) groups is 2. The van der Waals surface area contributed by atoms with Crippen LogP contribution in [0.3, 0.4) is 0 Å². The summed E-state index contributed by atoms with van der Waals surface area (Å²) in [5.74, 6) is -0.258. The fourth-order valence-corrected chi connectivity index (χ4v) is 1.76. The molecule has 0 heterocycles. The third kappa shape index (κ3) is 6.27. The van der Waals surface area contributed by atoms with Crippen LogP contribution in [0, 0.1) is 0 Å². The molecule has 0 unspecified atom stereocenters. The van der Waals surface area contributed by atoms with Crippen molar-refractivity contribution in [3.8, 4) is 5.75 Å². The van der Waals surface area contributed by atoms with E-state index in [0.29, 0.717) is 6.42 Å². The molecule has 6 heteroatoms. The molecule has 2 amide bonds. The second kappa shape index (κ2) is 7.08. The van der Waals surface area contributed by atoms with Crippen molar-refractivity contribution < 1.29 is 14.3 Å². The molecular weight excluding hydrogens is 270 g/mol. The quantitative estimate of drug-likeness (QED) is 0.702. The van der Waals surface area contributed by atoms with Gasteiger partial charge in [-0.05, 0) is 38.5 Å². The molecule has 1 rings (SSSR count). The number of benzene rings is 1. The van der Waals surface area contributed by atoms with Crippen molar-refractivity contribution >= 4 is 11.8 Å². The molecule has 6 nitrogen and oxygen atoms in total. The molecule has 21 heavy (non-hydrogen) atoms. The topological polar surface area (TPSA) is 107 Å². The Bertz CT molecular complexity index is 492. The van der Waals surface area contributed by atoms with Crippen molar-refractivity contribution in [3.05, 3.63) is 29.8 Å². The fraction of sp³-hybridized carbons (Fsp3) is 0.467. The van der Waals surface area contributed by atoms with E-state index in [4.69, 9.17) is 16.2 Å². The molecule has 0 fully saturated rings. The molecule has 116 valence electrons. The van der Waals surface area contributed by atoms with Gasteiger partial charge >= 0.3 is 0 Å². The summed E-state index contributed by atoms with van der Waals surface area (Å²) in [6.07, 6.45) is 0.316. The largest absolute Gasteiger partial charge is 0.488 e. The van der Waals surface area contributed by atoms with Crippen LogP contribution in [0.4, 0.5) is 0 Å². The monoisotopic (exact) mass is 293 g/mol. The smallest absolute Gasteiger partial charge is 0.240 e. The maximum atomic E-state index is 11.4. The minimum absolute atomic E-state index is 0.178. The lowest BCUT2D eigenvalue weighted by Gasteiger charge is -2.21. The van der Waals surface area contributed by atoms with Gasteiger partial charge in [0.05, 0.1) is 6.54 Å². The van der Waals surface area contributed by atoms with Crippen LogP contribution < -0.4 is 21.5 Å². The molecule has 0 saturated heterocycles. The lowest BCUT2D eigenvalue weighted by molar-refractivity contribution is -0.126. The van der Waals surface area contributed by atoms with Gasteiger partial charge < -0.3 is 21.5 Å². The van der Waals surface area contributed by atoms with Crippen molar-refractivity contribution in [1.29, 1.82) is 0 Å². The average Bonchev–Trinajstić information content (AvgIpc) is 2.38. The lowest BCUT2D eigenvalue weighted by Crippen LogP contribution is -2.47. The zero-order valence-corrected chi connectivity index (χ0v) is 12.7. The van der Waals surface area contributed by atoms with Gasteiger partial charge in [0.2, 0.25) is 11.8 Å². The van der Waals surface area contributed by atoms with Crippen molar-refractivity contribution in [2.24, 2.45) is 11.5 Å². The van der Waals surface area contributed by atoms with Gasteiger partial charge in [-0.15, -0.1) is 0 Å². The first-order valence-electron chi connectivity index (χ1n) is 6.78. The van der Waals surface area contributed by atoms with Gasteiger partial charge in [0.1, 0.15) is 17.4 Å². The summed E-state index contributed by atoms with van der Waals surface area (Å²) in [4.78, 5) is 22.6. The highest BCUT2D eigenvalue weighted by molar-refractivity contribution is 5.87. The normalized spacial score (nSPS) is 12.6. The average molecular weight is 293 g/mol. The van der Waals surface area contributed by atoms with E-state index in [0.717, 1.165) is 11.3 Å². The Morgan fingerprint density at radius 1 is 1.24 bits per heavy atom. The molecule has 0 aliphatic rings. The second-order valence-electron chi connectivity index (χ2n) is 5.79. The molecule has 0 bridgehead atoms. The maximum Gasteiger partial charge on any atom is 0.240 e. The van der Waals surface area contributed by atoms with E-state index in [9.17, 15) is 9.59 Å². The van der Waals surface area contributed by atoms with Gasteiger partial charge in [-0.3, -0.25) is 9.59 Å². The Morgan fingerprint density at radius 2 is 1.81 bits per heavy atom.